The van der Waals surface area contributed by atoms with Gasteiger partial charge in [-0.3, -0.25) is 9.59 Å². The second kappa shape index (κ2) is 5.63. The molecule has 2 amide bonds. The summed E-state index contributed by atoms with van der Waals surface area (Å²) in [6.45, 7) is 1.59. The first-order valence-electron chi connectivity index (χ1n) is 4.95. The van der Waals surface area contributed by atoms with E-state index in [1.807, 2.05) is 0 Å². The second-order valence-electron chi connectivity index (χ2n) is 3.43. The van der Waals surface area contributed by atoms with Gasteiger partial charge < -0.3 is 20.9 Å². The Kier molecular flexibility index (Phi) is 4.19. The van der Waals surface area contributed by atoms with Crippen molar-refractivity contribution in [2.24, 2.45) is 11.5 Å². The average molecular weight is 266 g/mol. The van der Waals surface area contributed by atoms with Crippen molar-refractivity contribution in [3.63, 3.8) is 0 Å². The van der Waals surface area contributed by atoms with Crippen molar-refractivity contribution in [3.05, 3.63) is 23.8 Å². The van der Waals surface area contributed by atoms with Crippen LogP contribution in [0.4, 0.5) is 0 Å². The van der Waals surface area contributed by atoms with Crippen LogP contribution in [0.2, 0.25) is 0 Å². The quantitative estimate of drug-likeness (QED) is 0.390. The van der Waals surface area contributed by atoms with E-state index in [1.165, 1.54) is 12.1 Å². The standard InChI is InChI=1S/C11H10N2O6/c1-5-2-3-6(18-10(16)8(12)14)4-7(5)19-11(17)9(13)15/h2-4H,1H3,(H2,12,14)(H2,13,15). The molecule has 0 aliphatic heterocycles. The highest BCUT2D eigenvalue weighted by Crippen LogP contribution is 2.24. The van der Waals surface area contributed by atoms with E-state index >= 15 is 0 Å². The molecule has 1 rings (SSSR count). The van der Waals surface area contributed by atoms with Crippen LogP contribution in [-0.4, -0.2) is 23.8 Å². The fourth-order valence-electron chi connectivity index (χ4n) is 1.06. The molecule has 1 aromatic carbocycles. The monoisotopic (exact) mass is 266 g/mol. The number of nitrogens with two attached hydrogens (primary N) is 2. The maximum atomic E-state index is 11.0. The lowest BCUT2D eigenvalue weighted by molar-refractivity contribution is -0.146. The molecule has 0 unspecified atom stereocenters. The van der Waals surface area contributed by atoms with E-state index in [2.05, 4.69) is 9.47 Å². The molecular weight excluding hydrogens is 256 g/mol. The largest absolute Gasteiger partial charge is 0.419 e. The van der Waals surface area contributed by atoms with Gasteiger partial charge in [-0.25, -0.2) is 9.59 Å². The maximum Gasteiger partial charge on any atom is 0.401 e. The van der Waals surface area contributed by atoms with Crippen LogP contribution in [0.15, 0.2) is 18.2 Å². The molecule has 0 fully saturated rings. The minimum Gasteiger partial charge on any atom is -0.419 e. The van der Waals surface area contributed by atoms with E-state index in [9.17, 15) is 19.2 Å². The Hall–Kier alpha value is -2.90. The van der Waals surface area contributed by atoms with Crippen LogP contribution in [0.1, 0.15) is 5.56 Å². The summed E-state index contributed by atoms with van der Waals surface area (Å²) in [5.74, 6) is -5.16. The third kappa shape index (κ3) is 3.80. The van der Waals surface area contributed by atoms with Crippen molar-refractivity contribution in [1.82, 2.24) is 0 Å². The molecule has 0 atom stereocenters. The number of carbonyl (C=O) groups excluding carboxylic acids is 4. The number of rotatable bonds is 2. The topological polar surface area (TPSA) is 139 Å². The number of hydrogen-bond acceptors (Lipinski definition) is 6. The predicted octanol–water partition coefficient (Wildman–Crippen LogP) is -1.22. The van der Waals surface area contributed by atoms with Crippen LogP contribution >= 0.6 is 0 Å². The van der Waals surface area contributed by atoms with Gasteiger partial charge in [0, 0.05) is 6.07 Å². The summed E-state index contributed by atoms with van der Waals surface area (Å²) in [5, 5.41) is 0. The molecule has 8 heteroatoms. The van der Waals surface area contributed by atoms with E-state index in [-0.39, 0.29) is 11.5 Å². The Morgan fingerprint density at radius 3 is 2.00 bits per heavy atom. The fourth-order valence-corrected chi connectivity index (χ4v) is 1.06. The van der Waals surface area contributed by atoms with Gasteiger partial charge >= 0.3 is 23.8 Å². The van der Waals surface area contributed by atoms with Crippen LogP contribution in [0, 0.1) is 6.92 Å². The van der Waals surface area contributed by atoms with Crippen LogP contribution in [0.3, 0.4) is 0 Å². The number of hydrogen-bond donors (Lipinski definition) is 2. The number of benzene rings is 1. The first-order valence-corrected chi connectivity index (χ1v) is 4.95. The summed E-state index contributed by atoms with van der Waals surface area (Å²) in [6.07, 6.45) is 0. The van der Waals surface area contributed by atoms with Crippen molar-refractivity contribution in [3.8, 4) is 11.5 Å². The molecule has 0 heterocycles. The maximum absolute atomic E-state index is 11.0. The Balaban J connectivity index is 2.94. The molecule has 0 spiro atoms. The van der Waals surface area contributed by atoms with Gasteiger partial charge in [-0.1, -0.05) is 6.07 Å². The second-order valence-corrected chi connectivity index (χ2v) is 3.43. The minimum absolute atomic E-state index is 0.0291. The van der Waals surface area contributed by atoms with Gasteiger partial charge in [0.2, 0.25) is 0 Å². The zero-order chi connectivity index (χ0) is 14.6. The molecule has 0 saturated heterocycles. The molecule has 1 aromatic rings. The van der Waals surface area contributed by atoms with Crippen LogP contribution in [0.25, 0.3) is 0 Å². The Morgan fingerprint density at radius 2 is 1.47 bits per heavy atom. The summed E-state index contributed by atoms with van der Waals surface area (Å²) in [7, 11) is 0. The first kappa shape index (κ1) is 14.2. The van der Waals surface area contributed by atoms with E-state index in [0.717, 1.165) is 6.07 Å². The molecular formula is C11H10N2O6. The lowest BCUT2D eigenvalue weighted by Crippen LogP contribution is -2.28. The van der Waals surface area contributed by atoms with E-state index in [1.54, 1.807) is 6.92 Å². The third-order valence-electron chi connectivity index (χ3n) is 1.98. The van der Waals surface area contributed by atoms with E-state index < -0.39 is 23.8 Å². The van der Waals surface area contributed by atoms with E-state index in [4.69, 9.17) is 11.5 Å². The number of ether oxygens (including phenoxy) is 2. The summed E-state index contributed by atoms with van der Waals surface area (Å²) in [6, 6.07) is 3.96. The first-order chi connectivity index (χ1) is 8.81. The molecule has 0 bridgehead atoms. The molecule has 8 nitrogen and oxygen atoms in total. The van der Waals surface area contributed by atoms with Crippen LogP contribution < -0.4 is 20.9 Å². The lowest BCUT2D eigenvalue weighted by Gasteiger charge is -2.08. The molecule has 4 N–H and O–H groups in total. The van der Waals surface area contributed by atoms with E-state index in [0.29, 0.717) is 5.56 Å². The average Bonchev–Trinajstić information content (AvgIpc) is 2.32. The molecule has 0 saturated carbocycles. The number of primary amides is 2. The summed E-state index contributed by atoms with van der Waals surface area (Å²) in [5.41, 5.74) is 9.94. The summed E-state index contributed by atoms with van der Waals surface area (Å²) >= 11 is 0. The van der Waals surface area contributed by atoms with Gasteiger partial charge in [0.15, 0.2) is 0 Å². The highest BCUT2D eigenvalue weighted by Gasteiger charge is 2.16. The van der Waals surface area contributed by atoms with Gasteiger partial charge in [-0.2, -0.15) is 0 Å². The zero-order valence-corrected chi connectivity index (χ0v) is 9.84. The fraction of sp³-hybridized carbons (Fsp3) is 0.0909. The number of esters is 2. The van der Waals surface area contributed by atoms with Crippen molar-refractivity contribution in [2.75, 3.05) is 0 Å². The molecule has 0 aromatic heterocycles. The lowest BCUT2D eigenvalue weighted by atomic mass is 10.2. The summed E-state index contributed by atoms with van der Waals surface area (Å²) in [4.78, 5) is 43.1. The molecule has 100 valence electrons. The highest BCUT2D eigenvalue weighted by molar-refractivity contribution is 6.32. The zero-order valence-electron chi connectivity index (χ0n) is 9.84. The Labute approximate surface area is 107 Å². The molecule has 19 heavy (non-hydrogen) atoms. The summed E-state index contributed by atoms with van der Waals surface area (Å²) < 4.78 is 9.26. The van der Waals surface area contributed by atoms with Gasteiger partial charge in [0.05, 0.1) is 0 Å². The van der Waals surface area contributed by atoms with Gasteiger partial charge in [0.25, 0.3) is 0 Å². The number of aryl methyl sites for hydroxylation is 1. The van der Waals surface area contributed by atoms with Crippen molar-refractivity contribution in [1.29, 1.82) is 0 Å². The predicted molar refractivity (Wildman–Crippen MR) is 60.8 cm³/mol. The highest BCUT2D eigenvalue weighted by atomic mass is 16.6. The number of amides is 2. The van der Waals surface area contributed by atoms with Gasteiger partial charge in [-0.05, 0) is 18.6 Å². The Morgan fingerprint density at radius 1 is 0.947 bits per heavy atom. The van der Waals surface area contributed by atoms with Crippen molar-refractivity contribution < 1.29 is 28.7 Å². The van der Waals surface area contributed by atoms with Gasteiger partial charge in [-0.15, -0.1) is 0 Å². The van der Waals surface area contributed by atoms with Crippen LogP contribution in [0.5, 0.6) is 11.5 Å². The molecule has 0 aliphatic rings. The van der Waals surface area contributed by atoms with Gasteiger partial charge in [0.1, 0.15) is 11.5 Å². The normalized spacial score (nSPS) is 9.53. The van der Waals surface area contributed by atoms with Crippen molar-refractivity contribution >= 4 is 23.8 Å². The van der Waals surface area contributed by atoms with Crippen LogP contribution in [-0.2, 0) is 19.2 Å². The third-order valence-corrected chi connectivity index (χ3v) is 1.98. The minimum atomic E-state index is -1.27. The molecule has 0 aliphatic carbocycles. The smallest absolute Gasteiger partial charge is 0.401 e. The Bertz CT molecular complexity index is 566. The van der Waals surface area contributed by atoms with Crippen molar-refractivity contribution in [2.45, 2.75) is 6.92 Å². The molecule has 0 radical (unpaired) electrons. The number of carbonyl (C=O) groups is 4. The SMILES string of the molecule is Cc1ccc(OC(=O)C(N)=O)cc1OC(=O)C(N)=O.